The van der Waals surface area contributed by atoms with Crippen molar-refractivity contribution in [3.63, 3.8) is 0 Å². The van der Waals surface area contributed by atoms with Gasteiger partial charge in [-0.05, 0) is 39.8 Å². The van der Waals surface area contributed by atoms with Gasteiger partial charge in [0.1, 0.15) is 0 Å². The molecule has 1 aromatic rings. The van der Waals surface area contributed by atoms with E-state index in [0.717, 1.165) is 0 Å². The Morgan fingerprint density at radius 3 is 2.72 bits per heavy atom. The third-order valence-corrected chi connectivity index (χ3v) is 3.88. The van der Waals surface area contributed by atoms with E-state index >= 15 is 0 Å². The van der Waals surface area contributed by atoms with Crippen LogP contribution in [0.5, 0.6) is 0 Å². The first-order chi connectivity index (χ1) is 8.31. The van der Waals surface area contributed by atoms with Gasteiger partial charge in [-0.3, -0.25) is 4.79 Å². The molecule has 0 aliphatic rings. The Morgan fingerprint density at radius 2 is 2.11 bits per heavy atom. The molecule has 0 aromatic heterocycles. The van der Waals surface area contributed by atoms with E-state index in [1.807, 2.05) is 0 Å². The Morgan fingerprint density at radius 1 is 1.44 bits per heavy atom. The summed E-state index contributed by atoms with van der Waals surface area (Å²) in [5.74, 6) is -0.731. The predicted molar refractivity (Wildman–Crippen MR) is 70.0 cm³/mol. The molecule has 1 aromatic carbocycles. The van der Waals surface area contributed by atoms with Crippen LogP contribution in [0.15, 0.2) is 22.7 Å². The molecule has 2 nitrogen and oxygen atoms in total. The molecule has 0 bridgehead atoms. The van der Waals surface area contributed by atoms with Crippen molar-refractivity contribution >= 4 is 45.2 Å². The summed E-state index contributed by atoms with van der Waals surface area (Å²) in [5.41, 5.74) is -4.05. The van der Waals surface area contributed by atoms with Crippen LogP contribution in [0.3, 0.4) is 0 Å². The molecule has 1 rings (SSSR count). The zero-order valence-corrected chi connectivity index (χ0v) is 12.0. The standard InChI is InChI=1S/C10H8BrClF3NOS/c11-7-3-1-2-6(8(7)12)9(17)16-4-5-18-10(13,14)15/h1-3H,4-5H2,(H,16,17). The van der Waals surface area contributed by atoms with E-state index in [1.54, 1.807) is 12.1 Å². The van der Waals surface area contributed by atoms with Crippen molar-refractivity contribution in [2.45, 2.75) is 5.51 Å². The van der Waals surface area contributed by atoms with Gasteiger partial charge < -0.3 is 5.32 Å². The summed E-state index contributed by atoms with van der Waals surface area (Å²) in [6, 6.07) is 4.79. The van der Waals surface area contributed by atoms with Gasteiger partial charge >= 0.3 is 5.51 Å². The maximum absolute atomic E-state index is 11.8. The van der Waals surface area contributed by atoms with Crippen molar-refractivity contribution in [3.05, 3.63) is 33.3 Å². The molecule has 1 N–H and O–H groups in total. The summed E-state index contributed by atoms with van der Waals surface area (Å²) < 4.78 is 36.1. The van der Waals surface area contributed by atoms with Gasteiger partial charge in [0.05, 0.1) is 10.6 Å². The van der Waals surface area contributed by atoms with Crippen LogP contribution in [0, 0.1) is 0 Å². The highest BCUT2D eigenvalue weighted by Gasteiger charge is 2.27. The molecule has 0 heterocycles. The van der Waals surface area contributed by atoms with Crippen molar-refractivity contribution < 1.29 is 18.0 Å². The molecule has 100 valence electrons. The lowest BCUT2D eigenvalue weighted by Crippen LogP contribution is -2.26. The second-order valence-corrected chi connectivity index (χ2v) is 5.54. The number of amides is 1. The monoisotopic (exact) mass is 361 g/mol. The van der Waals surface area contributed by atoms with E-state index in [2.05, 4.69) is 21.2 Å². The topological polar surface area (TPSA) is 29.1 Å². The number of hydrogen-bond acceptors (Lipinski definition) is 2. The van der Waals surface area contributed by atoms with Crippen LogP contribution in [0.4, 0.5) is 13.2 Å². The molecule has 0 saturated carbocycles. The molecule has 0 atom stereocenters. The highest BCUT2D eigenvalue weighted by Crippen LogP contribution is 2.29. The molecule has 0 unspecified atom stereocenters. The summed E-state index contributed by atoms with van der Waals surface area (Å²) in [7, 11) is 0. The molecule has 0 radical (unpaired) electrons. The van der Waals surface area contributed by atoms with Crippen LogP contribution in [0.25, 0.3) is 0 Å². The van der Waals surface area contributed by atoms with Crippen LogP contribution in [0.2, 0.25) is 5.02 Å². The zero-order valence-electron chi connectivity index (χ0n) is 8.85. The Hall–Kier alpha value is -0.400. The number of hydrogen-bond donors (Lipinski definition) is 1. The number of alkyl halides is 3. The molecule has 18 heavy (non-hydrogen) atoms. The van der Waals surface area contributed by atoms with Gasteiger partial charge in [-0.15, -0.1) is 0 Å². The van der Waals surface area contributed by atoms with Gasteiger partial charge in [-0.25, -0.2) is 0 Å². The van der Waals surface area contributed by atoms with Crippen molar-refractivity contribution in [2.24, 2.45) is 0 Å². The number of nitrogens with one attached hydrogen (secondary N) is 1. The number of carbonyl (C=O) groups excluding carboxylic acids is 1. The Balaban J connectivity index is 2.49. The van der Waals surface area contributed by atoms with Crippen molar-refractivity contribution in [1.82, 2.24) is 5.32 Å². The lowest BCUT2D eigenvalue weighted by Gasteiger charge is -2.08. The summed E-state index contributed by atoms with van der Waals surface area (Å²) in [4.78, 5) is 11.6. The van der Waals surface area contributed by atoms with E-state index in [1.165, 1.54) is 6.07 Å². The first-order valence-corrected chi connectivity index (χ1v) is 6.90. The minimum Gasteiger partial charge on any atom is -0.351 e. The summed E-state index contributed by atoms with van der Waals surface area (Å²) in [5, 5.41) is 2.61. The number of benzene rings is 1. The predicted octanol–water partition coefficient (Wildman–Crippen LogP) is 4.09. The van der Waals surface area contributed by atoms with Crippen molar-refractivity contribution in [2.75, 3.05) is 12.3 Å². The first kappa shape index (κ1) is 15.7. The smallest absolute Gasteiger partial charge is 0.351 e. The molecule has 0 fully saturated rings. The van der Waals surface area contributed by atoms with Crippen LogP contribution < -0.4 is 5.32 Å². The molecule has 0 spiro atoms. The molecular formula is C10H8BrClF3NOS. The molecule has 0 aliphatic heterocycles. The van der Waals surface area contributed by atoms with Gasteiger partial charge in [-0.2, -0.15) is 13.2 Å². The lowest BCUT2D eigenvalue weighted by atomic mass is 10.2. The largest absolute Gasteiger partial charge is 0.441 e. The number of carbonyl (C=O) groups is 1. The Labute approximate surface area is 119 Å². The molecule has 8 heteroatoms. The average molecular weight is 363 g/mol. The fraction of sp³-hybridized carbons (Fsp3) is 0.300. The van der Waals surface area contributed by atoms with Gasteiger partial charge in [-0.1, -0.05) is 17.7 Å². The third kappa shape index (κ3) is 5.07. The van der Waals surface area contributed by atoms with Crippen LogP contribution in [0.1, 0.15) is 10.4 Å². The van der Waals surface area contributed by atoms with E-state index in [-0.39, 0.29) is 34.6 Å². The van der Waals surface area contributed by atoms with E-state index < -0.39 is 11.4 Å². The van der Waals surface area contributed by atoms with Crippen LogP contribution in [-0.2, 0) is 0 Å². The molecule has 1 amide bonds. The van der Waals surface area contributed by atoms with Crippen molar-refractivity contribution in [3.8, 4) is 0 Å². The van der Waals surface area contributed by atoms with Gasteiger partial charge in [0.15, 0.2) is 0 Å². The highest BCUT2D eigenvalue weighted by atomic mass is 79.9. The minimum atomic E-state index is -4.28. The summed E-state index contributed by atoms with van der Waals surface area (Å²) in [6.45, 7) is -0.0775. The molecule has 0 aliphatic carbocycles. The van der Waals surface area contributed by atoms with Gasteiger partial charge in [0.2, 0.25) is 0 Å². The summed E-state index contributed by atoms with van der Waals surface area (Å²) in [6.07, 6.45) is 0. The lowest BCUT2D eigenvalue weighted by molar-refractivity contribution is -0.0327. The third-order valence-electron chi connectivity index (χ3n) is 1.85. The average Bonchev–Trinajstić information content (AvgIpc) is 2.26. The van der Waals surface area contributed by atoms with Gasteiger partial charge in [0, 0.05) is 16.8 Å². The van der Waals surface area contributed by atoms with Crippen LogP contribution >= 0.6 is 39.3 Å². The normalized spacial score (nSPS) is 11.4. The van der Waals surface area contributed by atoms with Crippen LogP contribution in [-0.4, -0.2) is 23.7 Å². The van der Waals surface area contributed by atoms with E-state index in [9.17, 15) is 18.0 Å². The zero-order chi connectivity index (χ0) is 13.8. The number of rotatable bonds is 4. The van der Waals surface area contributed by atoms with Crippen molar-refractivity contribution in [1.29, 1.82) is 0 Å². The first-order valence-electron chi connectivity index (χ1n) is 4.74. The SMILES string of the molecule is O=C(NCCSC(F)(F)F)c1cccc(Br)c1Cl. The maximum Gasteiger partial charge on any atom is 0.441 e. The molecular weight excluding hydrogens is 355 g/mol. The quantitative estimate of drug-likeness (QED) is 0.818. The van der Waals surface area contributed by atoms with E-state index in [0.29, 0.717) is 4.47 Å². The minimum absolute atomic E-state index is 0.0775. The number of halogens is 5. The highest BCUT2D eigenvalue weighted by molar-refractivity contribution is 9.10. The second kappa shape index (κ2) is 6.68. The molecule has 0 saturated heterocycles. The second-order valence-electron chi connectivity index (χ2n) is 3.15. The number of thioether (sulfide) groups is 1. The fourth-order valence-electron chi connectivity index (χ4n) is 1.11. The summed E-state index contributed by atoms with van der Waals surface area (Å²) >= 11 is 8.86. The Bertz CT molecular complexity index is 442. The maximum atomic E-state index is 11.8. The van der Waals surface area contributed by atoms with Gasteiger partial charge in [0.25, 0.3) is 5.91 Å². The Kier molecular flexibility index (Phi) is 5.81. The fourth-order valence-corrected chi connectivity index (χ4v) is 2.12. The van der Waals surface area contributed by atoms with E-state index in [4.69, 9.17) is 11.6 Å².